The van der Waals surface area contributed by atoms with Gasteiger partial charge in [0, 0.05) is 48.1 Å². The Morgan fingerprint density at radius 2 is 1.76 bits per heavy atom. The Hall–Kier alpha value is -5.12. The van der Waals surface area contributed by atoms with Crippen LogP contribution in [-0.2, 0) is 11.2 Å². The molecule has 0 unspecified atom stereocenters. The van der Waals surface area contributed by atoms with Gasteiger partial charge in [0.1, 0.15) is 11.6 Å². The van der Waals surface area contributed by atoms with Crippen LogP contribution in [-0.4, -0.2) is 31.6 Å². The lowest BCUT2D eigenvalue weighted by atomic mass is 10.1. The molecule has 0 aliphatic heterocycles. The first-order valence-electron chi connectivity index (χ1n) is 11.8. The van der Waals surface area contributed by atoms with Gasteiger partial charge in [0.25, 0.3) is 5.91 Å². The van der Waals surface area contributed by atoms with Crippen LogP contribution in [0.3, 0.4) is 0 Å². The second-order valence-corrected chi connectivity index (χ2v) is 8.46. The Morgan fingerprint density at radius 1 is 0.921 bits per heavy atom. The molecule has 3 aromatic carbocycles. The predicted octanol–water partition coefficient (Wildman–Crippen LogP) is 5.36. The number of carbonyl (C=O) groups is 2. The molecule has 0 fully saturated rings. The number of nitrogens with zero attached hydrogens (tertiary/aromatic N) is 3. The van der Waals surface area contributed by atoms with E-state index >= 15 is 0 Å². The van der Waals surface area contributed by atoms with Crippen molar-refractivity contribution in [3.63, 3.8) is 0 Å². The molecule has 0 radical (unpaired) electrons. The standard InChI is InChI=1S/C28H22F2N6O2/c29-21-9-11-25(24(30)14-21)34-26(37)12-10-22-17-36(23-7-2-1-3-8-23)28(33-22)35-27(38)19-6-4-5-18(13-19)20-15-31-32-16-20/h1-9,11,13-17H,10,12H2,(H,31,32)(H,34,37)(H,33,35,38). The van der Waals surface area contributed by atoms with Crippen molar-refractivity contribution in [3.05, 3.63) is 114 Å². The summed E-state index contributed by atoms with van der Waals surface area (Å²) in [5.41, 5.74) is 3.34. The molecule has 0 spiro atoms. The zero-order valence-electron chi connectivity index (χ0n) is 20.0. The third-order valence-corrected chi connectivity index (χ3v) is 5.79. The number of benzene rings is 3. The van der Waals surface area contributed by atoms with Gasteiger partial charge in [-0.1, -0.05) is 30.3 Å². The molecule has 190 valence electrons. The Labute approximate surface area is 216 Å². The molecule has 2 aromatic heterocycles. The third-order valence-electron chi connectivity index (χ3n) is 5.79. The molecular formula is C28H22F2N6O2. The summed E-state index contributed by atoms with van der Waals surface area (Å²) in [6.45, 7) is 0. The predicted molar refractivity (Wildman–Crippen MR) is 139 cm³/mol. The van der Waals surface area contributed by atoms with Gasteiger partial charge in [-0.25, -0.2) is 13.8 Å². The number of anilines is 2. The fourth-order valence-corrected chi connectivity index (χ4v) is 3.89. The second kappa shape index (κ2) is 10.9. The minimum atomic E-state index is -0.853. The van der Waals surface area contributed by atoms with E-state index in [9.17, 15) is 18.4 Å². The molecule has 0 saturated carbocycles. The van der Waals surface area contributed by atoms with Crippen LogP contribution >= 0.6 is 0 Å². The summed E-state index contributed by atoms with van der Waals surface area (Å²) in [7, 11) is 0. The molecule has 0 bridgehead atoms. The van der Waals surface area contributed by atoms with Gasteiger partial charge < -0.3 is 5.32 Å². The molecule has 5 aromatic rings. The first-order valence-corrected chi connectivity index (χ1v) is 11.8. The van der Waals surface area contributed by atoms with E-state index in [-0.39, 0.29) is 30.4 Å². The van der Waals surface area contributed by atoms with E-state index in [4.69, 9.17) is 0 Å². The number of amides is 2. The number of halogens is 2. The van der Waals surface area contributed by atoms with E-state index in [2.05, 4.69) is 25.8 Å². The van der Waals surface area contributed by atoms with Gasteiger partial charge >= 0.3 is 0 Å². The fraction of sp³-hybridized carbons (Fsp3) is 0.0714. The number of rotatable bonds is 8. The van der Waals surface area contributed by atoms with Crippen molar-refractivity contribution in [2.24, 2.45) is 0 Å². The quantitative estimate of drug-likeness (QED) is 0.260. The second-order valence-electron chi connectivity index (χ2n) is 8.46. The van der Waals surface area contributed by atoms with E-state index in [0.29, 0.717) is 17.3 Å². The number of H-pyrrole nitrogens is 1. The average Bonchev–Trinajstić information content (AvgIpc) is 3.60. The van der Waals surface area contributed by atoms with Crippen molar-refractivity contribution in [2.75, 3.05) is 10.6 Å². The van der Waals surface area contributed by atoms with Crippen LogP contribution < -0.4 is 10.6 Å². The molecule has 0 atom stereocenters. The molecule has 38 heavy (non-hydrogen) atoms. The number of nitrogens with one attached hydrogen (secondary N) is 3. The highest BCUT2D eigenvalue weighted by Gasteiger charge is 2.16. The maximum absolute atomic E-state index is 13.9. The maximum atomic E-state index is 13.9. The number of aryl methyl sites for hydroxylation is 1. The zero-order valence-corrected chi connectivity index (χ0v) is 20.0. The van der Waals surface area contributed by atoms with Gasteiger partial charge in [-0.05, 0) is 42.0 Å². The van der Waals surface area contributed by atoms with Gasteiger partial charge in [0.15, 0.2) is 0 Å². The number of aromatic nitrogens is 4. The minimum absolute atomic E-state index is 0.00273. The third kappa shape index (κ3) is 5.65. The number of para-hydroxylation sites is 1. The zero-order chi connectivity index (χ0) is 26.5. The summed E-state index contributed by atoms with van der Waals surface area (Å²) in [5, 5.41) is 12.0. The minimum Gasteiger partial charge on any atom is -0.324 e. The largest absolute Gasteiger partial charge is 0.324 e. The molecule has 5 rings (SSSR count). The SMILES string of the molecule is O=C(CCc1cn(-c2ccccc2)c(NC(=O)c2cccc(-c3cn[nH]c3)c2)n1)Nc1ccc(F)cc1F. The van der Waals surface area contributed by atoms with E-state index in [0.717, 1.165) is 22.9 Å². The molecule has 10 heteroatoms. The van der Waals surface area contributed by atoms with E-state index in [1.165, 1.54) is 6.07 Å². The molecule has 0 saturated heterocycles. The fourth-order valence-electron chi connectivity index (χ4n) is 3.89. The summed E-state index contributed by atoms with van der Waals surface area (Å²) in [6, 6.07) is 19.4. The highest BCUT2D eigenvalue weighted by Crippen LogP contribution is 2.22. The van der Waals surface area contributed by atoms with Crippen LogP contribution in [0.1, 0.15) is 22.5 Å². The van der Waals surface area contributed by atoms with Crippen molar-refractivity contribution in [1.82, 2.24) is 19.7 Å². The average molecular weight is 513 g/mol. The van der Waals surface area contributed by atoms with Crippen LogP contribution in [0.15, 0.2) is 91.4 Å². The van der Waals surface area contributed by atoms with Crippen LogP contribution in [0.2, 0.25) is 0 Å². The normalized spacial score (nSPS) is 10.8. The van der Waals surface area contributed by atoms with E-state index in [1.54, 1.807) is 41.4 Å². The lowest BCUT2D eigenvalue weighted by molar-refractivity contribution is -0.116. The first-order chi connectivity index (χ1) is 18.5. The van der Waals surface area contributed by atoms with Crippen molar-refractivity contribution in [1.29, 1.82) is 0 Å². The summed E-state index contributed by atoms with van der Waals surface area (Å²) >= 11 is 0. The van der Waals surface area contributed by atoms with Gasteiger partial charge in [-0.3, -0.25) is 24.6 Å². The lowest BCUT2D eigenvalue weighted by Crippen LogP contribution is -2.15. The number of hydrogen-bond acceptors (Lipinski definition) is 4. The monoisotopic (exact) mass is 512 g/mol. The number of carbonyl (C=O) groups excluding carboxylic acids is 2. The molecule has 0 aliphatic carbocycles. The highest BCUT2D eigenvalue weighted by atomic mass is 19.1. The van der Waals surface area contributed by atoms with Crippen LogP contribution in [0.4, 0.5) is 20.4 Å². The van der Waals surface area contributed by atoms with Crippen molar-refractivity contribution < 1.29 is 18.4 Å². The first kappa shape index (κ1) is 24.6. The summed E-state index contributed by atoms with van der Waals surface area (Å²) in [5.74, 6) is -2.10. The molecule has 0 aliphatic rings. The summed E-state index contributed by atoms with van der Waals surface area (Å²) < 4.78 is 28.7. The Kier molecular flexibility index (Phi) is 7.03. The Balaban J connectivity index is 1.33. The maximum Gasteiger partial charge on any atom is 0.258 e. The van der Waals surface area contributed by atoms with Crippen molar-refractivity contribution in [3.8, 4) is 16.8 Å². The number of aromatic amines is 1. The molecule has 3 N–H and O–H groups in total. The van der Waals surface area contributed by atoms with Gasteiger partial charge in [0.2, 0.25) is 11.9 Å². The number of hydrogen-bond donors (Lipinski definition) is 3. The van der Waals surface area contributed by atoms with E-state index < -0.39 is 17.5 Å². The van der Waals surface area contributed by atoms with Crippen LogP contribution in [0, 0.1) is 11.6 Å². The lowest BCUT2D eigenvalue weighted by Gasteiger charge is -2.09. The van der Waals surface area contributed by atoms with Crippen LogP contribution in [0.25, 0.3) is 16.8 Å². The molecular weight excluding hydrogens is 490 g/mol. The van der Waals surface area contributed by atoms with Crippen molar-refractivity contribution >= 4 is 23.5 Å². The topological polar surface area (TPSA) is 105 Å². The van der Waals surface area contributed by atoms with Gasteiger partial charge in [-0.15, -0.1) is 0 Å². The molecule has 8 nitrogen and oxygen atoms in total. The van der Waals surface area contributed by atoms with E-state index in [1.807, 2.05) is 36.4 Å². The smallest absolute Gasteiger partial charge is 0.258 e. The summed E-state index contributed by atoms with van der Waals surface area (Å²) in [4.78, 5) is 30.1. The summed E-state index contributed by atoms with van der Waals surface area (Å²) in [6.07, 6.45) is 5.38. The van der Waals surface area contributed by atoms with Gasteiger partial charge in [0.05, 0.1) is 17.6 Å². The van der Waals surface area contributed by atoms with Gasteiger partial charge in [-0.2, -0.15) is 5.10 Å². The highest BCUT2D eigenvalue weighted by molar-refractivity contribution is 6.04. The van der Waals surface area contributed by atoms with Crippen LogP contribution in [0.5, 0.6) is 0 Å². The number of imidazole rings is 1. The molecule has 2 heterocycles. The Morgan fingerprint density at radius 3 is 2.53 bits per heavy atom. The Bertz CT molecular complexity index is 1580. The van der Waals surface area contributed by atoms with Crippen molar-refractivity contribution in [2.45, 2.75) is 12.8 Å². The molecule has 2 amide bonds.